The van der Waals surface area contributed by atoms with E-state index in [4.69, 9.17) is 0 Å². The number of anilines is 1. The van der Waals surface area contributed by atoms with E-state index in [1.165, 1.54) is 16.2 Å². The smallest absolute Gasteiger partial charge is 0.329 e. The van der Waals surface area contributed by atoms with Gasteiger partial charge in [0.15, 0.2) is 0 Å². The number of urea groups is 1. The van der Waals surface area contributed by atoms with Crippen molar-refractivity contribution in [3.63, 3.8) is 0 Å². The third-order valence-corrected chi connectivity index (χ3v) is 4.51. The van der Waals surface area contributed by atoms with Crippen molar-refractivity contribution in [2.45, 2.75) is 19.9 Å². The van der Waals surface area contributed by atoms with Gasteiger partial charge in [-0.3, -0.25) is 19.8 Å². The average molecular weight is 345 g/mol. The number of imide groups is 1. The molecular weight excluding hydrogens is 330 g/mol. The number of nitrogens with one attached hydrogen (secondary N) is 2. The third-order valence-electron chi connectivity index (χ3n) is 3.45. The van der Waals surface area contributed by atoms with Crippen molar-refractivity contribution >= 4 is 34.9 Å². The summed E-state index contributed by atoms with van der Waals surface area (Å²) in [5.41, 5.74) is 1.02. The second-order valence-corrected chi connectivity index (χ2v) is 6.26. The number of aromatic nitrogens is 2. The predicted molar refractivity (Wildman–Crippen MR) is 87.8 cm³/mol. The fourth-order valence-electron chi connectivity index (χ4n) is 2.20. The van der Waals surface area contributed by atoms with Crippen molar-refractivity contribution in [1.82, 2.24) is 20.8 Å². The minimum Gasteiger partial charge on any atom is -0.345 e. The van der Waals surface area contributed by atoms with E-state index in [0.717, 1.165) is 16.4 Å². The summed E-state index contributed by atoms with van der Waals surface area (Å²) in [6.07, 6.45) is 0.819. The van der Waals surface area contributed by atoms with Crippen molar-refractivity contribution in [1.29, 1.82) is 0 Å². The first-order valence-electron chi connectivity index (χ1n) is 7.37. The highest BCUT2D eigenvalue weighted by Crippen LogP contribution is 2.18. The van der Waals surface area contributed by atoms with Gasteiger partial charge in [0.05, 0.1) is 6.54 Å². The largest absolute Gasteiger partial charge is 0.345 e. The normalized spacial score (nSPS) is 14.0. The van der Waals surface area contributed by atoms with Gasteiger partial charge in [-0.1, -0.05) is 18.3 Å². The number of benzene rings is 1. The number of nitrogens with zero attached hydrogens (tertiary/aromatic N) is 3. The van der Waals surface area contributed by atoms with Crippen LogP contribution in [0.3, 0.4) is 0 Å². The van der Waals surface area contributed by atoms with E-state index in [-0.39, 0.29) is 18.4 Å². The molecule has 124 valence electrons. The molecule has 0 saturated carbocycles. The fourth-order valence-corrected chi connectivity index (χ4v) is 2.93. The molecule has 8 nitrogen and oxygen atoms in total. The summed E-state index contributed by atoms with van der Waals surface area (Å²) < 4.78 is 0. The number of amides is 4. The molecule has 24 heavy (non-hydrogen) atoms. The molecule has 1 aliphatic rings. The Balaban J connectivity index is 1.61. The maximum atomic E-state index is 12.1. The highest BCUT2D eigenvalue weighted by molar-refractivity contribution is 7.11. The molecular formula is C15H15N5O3S. The second kappa shape index (κ2) is 6.75. The van der Waals surface area contributed by atoms with E-state index in [1.807, 2.05) is 6.92 Å². The summed E-state index contributed by atoms with van der Waals surface area (Å²) in [5.74, 6) is -0.581. The van der Waals surface area contributed by atoms with Gasteiger partial charge in [0.2, 0.25) is 5.91 Å². The Morgan fingerprint density at radius 1 is 1.25 bits per heavy atom. The standard InChI is InChI=1S/C15H15N5O3S/c1-2-12-18-19-13(24-12)7-16-14(22)9-3-5-10(6-4-9)20-8-11(21)17-15(20)23/h3-6H,2,7-8H2,1H3,(H,16,22)(H,17,21,23). The van der Waals surface area contributed by atoms with Crippen LogP contribution < -0.4 is 15.5 Å². The van der Waals surface area contributed by atoms with E-state index < -0.39 is 6.03 Å². The summed E-state index contributed by atoms with van der Waals surface area (Å²) in [6, 6.07) is 6.03. The maximum Gasteiger partial charge on any atom is 0.329 e. The number of rotatable bonds is 5. The van der Waals surface area contributed by atoms with Crippen LogP contribution in [0.25, 0.3) is 0 Å². The molecule has 4 amide bonds. The van der Waals surface area contributed by atoms with Gasteiger partial charge >= 0.3 is 6.03 Å². The summed E-state index contributed by atoms with van der Waals surface area (Å²) >= 11 is 1.47. The molecule has 1 aliphatic heterocycles. The predicted octanol–water partition coefficient (Wildman–Crippen LogP) is 1.09. The lowest BCUT2D eigenvalue weighted by Crippen LogP contribution is -2.28. The lowest BCUT2D eigenvalue weighted by Gasteiger charge is -2.13. The number of hydrogen-bond acceptors (Lipinski definition) is 6. The zero-order valence-electron chi connectivity index (χ0n) is 12.9. The molecule has 1 fully saturated rings. The van der Waals surface area contributed by atoms with Crippen LogP contribution in [0.15, 0.2) is 24.3 Å². The minimum atomic E-state index is -0.458. The molecule has 0 aliphatic carbocycles. The van der Waals surface area contributed by atoms with Crippen LogP contribution in [0.2, 0.25) is 0 Å². The average Bonchev–Trinajstić information content (AvgIpc) is 3.18. The minimum absolute atomic E-state index is 0.0127. The highest BCUT2D eigenvalue weighted by Gasteiger charge is 2.27. The van der Waals surface area contributed by atoms with Gasteiger partial charge in [-0.05, 0) is 30.7 Å². The summed E-state index contributed by atoms with van der Waals surface area (Å²) in [5, 5.41) is 14.7. The molecule has 2 aromatic rings. The Hall–Kier alpha value is -2.81. The summed E-state index contributed by atoms with van der Waals surface area (Å²) in [7, 11) is 0. The molecule has 0 unspecified atom stereocenters. The van der Waals surface area contributed by atoms with E-state index in [1.54, 1.807) is 24.3 Å². The maximum absolute atomic E-state index is 12.1. The molecule has 1 saturated heterocycles. The first kappa shape index (κ1) is 16.1. The first-order valence-corrected chi connectivity index (χ1v) is 8.19. The van der Waals surface area contributed by atoms with Gasteiger partial charge in [0, 0.05) is 11.3 Å². The molecule has 9 heteroatoms. The van der Waals surface area contributed by atoms with E-state index >= 15 is 0 Å². The van der Waals surface area contributed by atoms with Gasteiger partial charge in [-0.2, -0.15) is 0 Å². The monoisotopic (exact) mass is 345 g/mol. The second-order valence-electron chi connectivity index (χ2n) is 5.11. The van der Waals surface area contributed by atoms with Crippen LogP contribution in [0.5, 0.6) is 0 Å². The fraction of sp³-hybridized carbons (Fsp3) is 0.267. The Morgan fingerprint density at radius 2 is 1.96 bits per heavy atom. The lowest BCUT2D eigenvalue weighted by atomic mass is 10.2. The van der Waals surface area contributed by atoms with E-state index in [9.17, 15) is 14.4 Å². The van der Waals surface area contributed by atoms with Crippen molar-refractivity contribution in [2.75, 3.05) is 11.4 Å². The van der Waals surface area contributed by atoms with Crippen LogP contribution in [0.4, 0.5) is 10.5 Å². The molecule has 2 N–H and O–H groups in total. The molecule has 1 aromatic heterocycles. The van der Waals surface area contributed by atoms with Gasteiger partial charge < -0.3 is 5.32 Å². The SMILES string of the molecule is CCc1nnc(CNC(=O)c2ccc(N3CC(=O)NC3=O)cc2)s1. The van der Waals surface area contributed by atoms with Crippen molar-refractivity contribution in [3.05, 3.63) is 39.8 Å². The number of hydrogen-bond donors (Lipinski definition) is 2. The van der Waals surface area contributed by atoms with Crippen LogP contribution in [0, 0.1) is 0 Å². The number of carbonyl (C=O) groups is 3. The Bertz CT molecular complexity index is 787. The van der Waals surface area contributed by atoms with Gasteiger partial charge in [-0.25, -0.2) is 4.79 Å². The zero-order valence-corrected chi connectivity index (χ0v) is 13.7. The molecule has 0 spiro atoms. The lowest BCUT2D eigenvalue weighted by molar-refractivity contribution is -0.117. The van der Waals surface area contributed by atoms with Crippen molar-refractivity contribution < 1.29 is 14.4 Å². The van der Waals surface area contributed by atoms with Crippen LogP contribution in [-0.4, -0.2) is 34.6 Å². The third kappa shape index (κ3) is 3.40. The highest BCUT2D eigenvalue weighted by atomic mass is 32.1. The Kier molecular flexibility index (Phi) is 4.52. The molecule has 0 bridgehead atoms. The van der Waals surface area contributed by atoms with Gasteiger partial charge in [0.25, 0.3) is 5.91 Å². The van der Waals surface area contributed by atoms with E-state index in [2.05, 4.69) is 20.8 Å². The van der Waals surface area contributed by atoms with Crippen LogP contribution in [0.1, 0.15) is 27.3 Å². The molecule has 1 aromatic carbocycles. The molecule has 0 radical (unpaired) electrons. The topological polar surface area (TPSA) is 104 Å². The van der Waals surface area contributed by atoms with Crippen molar-refractivity contribution in [3.8, 4) is 0 Å². The van der Waals surface area contributed by atoms with Crippen molar-refractivity contribution in [2.24, 2.45) is 0 Å². The zero-order chi connectivity index (χ0) is 17.1. The quantitative estimate of drug-likeness (QED) is 0.789. The Labute approximate surface area is 141 Å². The first-order chi connectivity index (χ1) is 11.6. The summed E-state index contributed by atoms with van der Waals surface area (Å²) in [6.45, 7) is 2.31. The summed E-state index contributed by atoms with van der Waals surface area (Å²) in [4.78, 5) is 36.3. The molecule has 3 rings (SSSR count). The van der Waals surface area contributed by atoms with Crippen LogP contribution in [-0.2, 0) is 17.8 Å². The van der Waals surface area contributed by atoms with Gasteiger partial charge in [-0.15, -0.1) is 10.2 Å². The Morgan fingerprint density at radius 3 is 2.54 bits per heavy atom. The van der Waals surface area contributed by atoms with Gasteiger partial charge in [0.1, 0.15) is 16.6 Å². The molecule has 0 atom stereocenters. The van der Waals surface area contributed by atoms with Crippen LogP contribution >= 0.6 is 11.3 Å². The van der Waals surface area contributed by atoms with E-state index in [0.29, 0.717) is 17.8 Å². The number of aryl methyl sites for hydroxylation is 1. The number of carbonyl (C=O) groups excluding carboxylic acids is 3. The molecule has 2 heterocycles.